The van der Waals surface area contributed by atoms with E-state index in [1.807, 2.05) is 30.3 Å². The van der Waals surface area contributed by atoms with Crippen molar-refractivity contribution in [3.8, 4) is 34.1 Å². The van der Waals surface area contributed by atoms with Crippen LogP contribution in [0.4, 0.5) is 0 Å². The molecule has 0 saturated heterocycles. The molecule has 0 saturated carbocycles. The quantitative estimate of drug-likeness (QED) is 0.550. The fraction of sp³-hybridized carbons (Fsp3) is 0.227. The van der Waals surface area contributed by atoms with Gasteiger partial charge in [-0.05, 0) is 35.2 Å². The third-order valence-corrected chi connectivity index (χ3v) is 4.17. The van der Waals surface area contributed by atoms with Crippen LogP contribution in [-0.4, -0.2) is 16.6 Å². The molecule has 2 aromatic carbocycles. The van der Waals surface area contributed by atoms with Gasteiger partial charge >= 0.3 is 0 Å². The average molecular weight is 343 g/mol. The Morgan fingerprint density at radius 1 is 0.808 bits per heavy atom. The highest BCUT2D eigenvalue weighted by Crippen LogP contribution is 2.26. The molecule has 0 aliphatic heterocycles. The van der Waals surface area contributed by atoms with E-state index >= 15 is 0 Å². The lowest BCUT2D eigenvalue weighted by molar-refractivity contribution is 0.306. The maximum absolute atomic E-state index is 8.77. The highest BCUT2D eigenvalue weighted by Gasteiger charge is 2.03. The molecule has 26 heavy (non-hydrogen) atoms. The summed E-state index contributed by atoms with van der Waals surface area (Å²) in [5.74, 6) is 1.10. The van der Waals surface area contributed by atoms with Gasteiger partial charge in [0.1, 0.15) is 11.8 Å². The van der Waals surface area contributed by atoms with Crippen LogP contribution in [0, 0.1) is 11.3 Å². The van der Waals surface area contributed by atoms with Gasteiger partial charge in [-0.15, -0.1) is 0 Å². The fourth-order valence-electron chi connectivity index (χ4n) is 2.68. The molecule has 4 heteroatoms. The van der Waals surface area contributed by atoms with Gasteiger partial charge in [0, 0.05) is 18.0 Å². The largest absolute Gasteiger partial charge is 0.494 e. The average Bonchev–Trinajstić information content (AvgIpc) is 2.72. The molecule has 0 aliphatic carbocycles. The van der Waals surface area contributed by atoms with Crippen LogP contribution in [0.15, 0.2) is 60.9 Å². The molecule has 4 nitrogen and oxygen atoms in total. The Balaban J connectivity index is 1.67. The minimum Gasteiger partial charge on any atom is -0.494 e. The second-order valence-electron chi connectivity index (χ2n) is 6.06. The number of nitrogens with zero attached hydrogens (tertiary/aromatic N) is 3. The van der Waals surface area contributed by atoms with Crippen molar-refractivity contribution in [1.82, 2.24) is 9.97 Å². The Bertz CT molecular complexity index is 863. The Morgan fingerprint density at radius 3 is 1.88 bits per heavy atom. The molecule has 0 N–H and O–H groups in total. The lowest BCUT2D eigenvalue weighted by Gasteiger charge is -2.08. The first-order valence-corrected chi connectivity index (χ1v) is 8.86. The highest BCUT2D eigenvalue weighted by molar-refractivity contribution is 5.70. The zero-order valence-electron chi connectivity index (χ0n) is 14.9. The number of nitriles is 1. The van der Waals surface area contributed by atoms with Crippen LogP contribution in [0.5, 0.6) is 5.75 Å². The van der Waals surface area contributed by atoms with E-state index < -0.39 is 0 Å². The van der Waals surface area contributed by atoms with Gasteiger partial charge in [0.15, 0.2) is 0 Å². The first kappa shape index (κ1) is 17.6. The van der Waals surface area contributed by atoms with Gasteiger partial charge in [-0.2, -0.15) is 5.26 Å². The van der Waals surface area contributed by atoms with Crippen molar-refractivity contribution < 1.29 is 4.74 Å². The zero-order valence-corrected chi connectivity index (χ0v) is 14.9. The molecule has 0 aliphatic rings. The van der Waals surface area contributed by atoms with Crippen molar-refractivity contribution >= 4 is 0 Å². The number of aromatic nitrogens is 2. The normalized spacial score (nSPS) is 10.3. The third kappa shape index (κ3) is 4.46. The van der Waals surface area contributed by atoms with Crippen LogP contribution in [0.3, 0.4) is 0 Å². The van der Waals surface area contributed by atoms with Crippen molar-refractivity contribution in [2.75, 3.05) is 6.61 Å². The molecule has 0 unspecified atom stereocenters. The molecule has 1 heterocycles. The topological polar surface area (TPSA) is 58.8 Å². The number of unbranched alkanes of at least 4 members (excludes halogenated alkanes) is 2. The van der Waals surface area contributed by atoms with E-state index in [1.165, 1.54) is 12.8 Å². The number of hydrogen-bond donors (Lipinski definition) is 0. The van der Waals surface area contributed by atoms with Crippen molar-refractivity contribution in [2.45, 2.75) is 26.2 Å². The van der Waals surface area contributed by atoms with Crippen LogP contribution in [0.1, 0.15) is 32.0 Å². The number of ether oxygens (including phenoxy) is 1. The molecule has 3 aromatic rings. The van der Waals surface area contributed by atoms with Crippen LogP contribution < -0.4 is 4.74 Å². The summed E-state index contributed by atoms with van der Waals surface area (Å²) in [5.41, 5.74) is 4.20. The first-order chi connectivity index (χ1) is 12.8. The second-order valence-corrected chi connectivity index (χ2v) is 6.06. The van der Waals surface area contributed by atoms with Gasteiger partial charge in [0.25, 0.3) is 0 Å². The summed E-state index contributed by atoms with van der Waals surface area (Å²) in [7, 11) is 0. The fourth-order valence-corrected chi connectivity index (χ4v) is 2.68. The molecular formula is C22H21N3O. The van der Waals surface area contributed by atoms with Crippen LogP contribution in [0.2, 0.25) is 0 Å². The minimum absolute atomic E-state index is 0.183. The van der Waals surface area contributed by atoms with E-state index in [-0.39, 0.29) is 5.82 Å². The predicted molar refractivity (Wildman–Crippen MR) is 103 cm³/mol. The molecule has 3 rings (SSSR count). The monoisotopic (exact) mass is 343 g/mol. The zero-order chi connectivity index (χ0) is 18.2. The van der Waals surface area contributed by atoms with Gasteiger partial charge in [-0.1, -0.05) is 56.2 Å². The van der Waals surface area contributed by atoms with E-state index in [2.05, 4.69) is 41.2 Å². The Morgan fingerprint density at radius 2 is 1.35 bits per heavy atom. The predicted octanol–water partition coefficient (Wildman–Crippen LogP) is 5.25. The van der Waals surface area contributed by atoms with Crippen molar-refractivity contribution in [3.05, 3.63) is 66.7 Å². The Labute approximate surface area is 154 Å². The summed E-state index contributed by atoms with van der Waals surface area (Å²) in [6.07, 6.45) is 6.84. The van der Waals surface area contributed by atoms with Crippen molar-refractivity contribution in [3.63, 3.8) is 0 Å². The summed E-state index contributed by atoms with van der Waals surface area (Å²) in [6, 6.07) is 18.3. The first-order valence-electron chi connectivity index (χ1n) is 8.86. The van der Waals surface area contributed by atoms with Crippen LogP contribution in [0.25, 0.3) is 22.3 Å². The molecule has 130 valence electrons. The summed E-state index contributed by atoms with van der Waals surface area (Å²) in [6.45, 7) is 2.96. The van der Waals surface area contributed by atoms with E-state index in [9.17, 15) is 0 Å². The van der Waals surface area contributed by atoms with Crippen LogP contribution >= 0.6 is 0 Å². The highest BCUT2D eigenvalue weighted by atomic mass is 16.5. The van der Waals surface area contributed by atoms with E-state index in [4.69, 9.17) is 10.00 Å². The standard InChI is InChI=1S/C22H21N3O/c1-2-3-4-13-26-21-11-9-18(10-12-21)17-5-7-19(8-6-17)20-15-24-22(14-23)25-16-20/h5-12,15-16H,2-4,13H2,1H3. The number of rotatable bonds is 7. The lowest BCUT2D eigenvalue weighted by Crippen LogP contribution is -1.96. The van der Waals surface area contributed by atoms with Gasteiger partial charge in [-0.3, -0.25) is 0 Å². The van der Waals surface area contributed by atoms with E-state index in [1.54, 1.807) is 12.4 Å². The molecule has 1 aromatic heterocycles. The van der Waals surface area contributed by atoms with Crippen LogP contribution in [-0.2, 0) is 0 Å². The summed E-state index contributed by atoms with van der Waals surface area (Å²) >= 11 is 0. The van der Waals surface area contributed by atoms with Gasteiger partial charge in [0.05, 0.1) is 6.61 Å². The Kier molecular flexibility index (Phi) is 5.95. The van der Waals surface area contributed by atoms with Gasteiger partial charge in [-0.25, -0.2) is 9.97 Å². The Hall–Kier alpha value is -3.19. The molecule has 0 radical (unpaired) electrons. The lowest BCUT2D eigenvalue weighted by atomic mass is 10.0. The smallest absolute Gasteiger partial charge is 0.232 e. The molecule has 0 spiro atoms. The maximum Gasteiger partial charge on any atom is 0.232 e. The summed E-state index contributed by atoms with van der Waals surface area (Å²) in [5, 5.41) is 8.77. The molecule has 0 atom stereocenters. The molecule has 0 bridgehead atoms. The third-order valence-electron chi connectivity index (χ3n) is 4.17. The SMILES string of the molecule is CCCCCOc1ccc(-c2ccc(-c3cnc(C#N)nc3)cc2)cc1. The minimum atomic E-state index is 0.183. The second kappa shape index (κ2) is 8.77. The molecule has 0 amide bonds. The number of hydrogen-bond acceptors (Lipinski definition) is 4. The molecule has 0 fully saturated rings. The summed E-state index contributed by atoms with van der Waals surface area (Å²) < 4.78 is 5.76. The van der Waals surface area contributed by atoms with Crippen molar-refractivity contribution in [1.29, 1.82) is 5.26 Å². The summed E-state index contributed by atoms with van der Waals surface area (Å²) in [4.78, 5) is 8.03. The van der Waals surface area contributed by atoms with E-state index in [0.717, 1.165) is 41.0 Å². The van der Waals surface area contributed by atoms with Crippen molar-refractivity contribution in [2.24, 2.45) is 0 Å². The molecular weight excluding hydrogens is 322 g/mol. The van der Waals surface area contributed by atoms with E-state index in [0.29, 0.717) is 0 Å². The number of benzene rings is 2. The maximum atomic E-state index is 8.77. The van der Waals surface area contributed by atoms with Gasteiger partial charge in [0.2, 0.25) is 5.82 Å². The van der Waals surface area contributed by atoms with Gasteiger partial charge < -0.3 is 4.74 Å².